The summed E-state index contributed by atoms with van der Waals surface area (Å²) in [5.74, 6) is 0.900. The van der Waals surface area contributed by atoms with Crippen molar-refractivity contribution in [2.45, 2.75) is 18.3 Å². The Morgan fingerprint density at radius 3 is 2.95 bits per heavy atom. The lowest BCUT2D eigenvalue weighted by Gasteiger charge is -2.27. The minimum absolute atomic E-state index is 0.594. The van der Waals surface area contributed by atoms with E-state index in [1.807, 2.05) is 37.3 Å². The van der Waals surface area contributed by atoms with Crippen LogP contribution in [0.15, 0.2) is 54.6 Å². The van der Waals surface area contributed by atoms with Crippen molar-refractivity contribution in [3.63, 3.8) is 0 Å². The topological polar surface area (TPSA) is 40.7 Å². The normalized spacial score (nSPS) is 20.8. The molecule has 3 aromatic rings. The first kappa shape index (κ1) is 13.4. The average molecular weight is 310 g/mol. The minimum Gasteiger partial charge on any atom is -0.362 e. The summed E-state index contributed by atoms with van der Waals surface area (Å²) in [6, 6.07) is 10.4. The highest BCUT2D eigenvalue weighted by molar-refractivity contribution is 6.27. The lowest BCUT2D eigenvalue weighted by molar-refractivity contribution is 0.801. The molecule has 3 nitrogen and oxygen atoms in total. The van der Waals surface area contributed by atoms with Crippen LogP contribution in [0.4, 0.5) is 5.69 Å². The van der Waals surface area contributed by atoms with E-state index in [0.717, 1.165) is 39.7 Å². The van der Waals surface area contributed by atoms with Crippen LogP contribution in [0, 0.1) is 6.92 Å². The number of allylic oxidation sites excluding steroid dienone is 2. The zero-order chi connectivity index (χ0) is 15.2. The van der Waals surface area contributed by atoms with E-state index in [-0.39, 0.29) is 0 Å². The standard InChI is InChI=1S/C18H16ClN3/c1-12-20-16-14-8-4-3-7-13(14)11-15(17(16)21-12)22-18(19)9-5-2-6-10-18/h2-9,11,22H,10H2,1H3,(H,20,21). The second-order valence-corrected chi connectivity index (χ2v) is 6.34. The van der Waals surface area contributed by atoms with Gasteiger partial charge in [-0.2, -0.15) is 0 Å². The number of aryl methyl sites for hydroxylation is 1. The van der Waals surface area contributed by atoms with Crippen LogP contribution in [-0.2, 0) is 0 Å². The summed E-state index contributed by atoms with van der Waals surface area (Å²) in [5.41, 5.74) is 2.96. The zero-order valence-electron chi connectivity index (χ0n) is 12.2. The Morgan fingerprint density at radius 1 is 1.27 bits per heavy atom. The van der Waals surface area contributed by atoms with Gasteiger partial charge in [0.05, 0.1) is 16.7 Å². The van der Waals surface area contributed by atoms with Gasteiger partial charge in [-0.1, -0.05) is 54.1 Å². The molecule has 0 spiro atoms. The number of imidazole rings is 1. The molecule has 4 heteroatoms. The summed E-state index contributed by atoms with van der Waals surface area (Å²) in [6.07, 6.45) is 8.78. The molecule has 22 heavy (non-hydrogen) atoms. The van der Waals surface area contributed by atoms with E-state index in [2.05, 4.69) is 39.6 Å². The van der Waals surface area contributed by atoms with Crippen molar-refractivity contribution in [3.8, 4) is 0 Å². The number of hydrogen-bond donors (Lipinski definition) is 2. The van der Waals surface area contributed by atoms with Crippen molar-refractivity contribution in [2.24, 2.45) is 0 Å². The molecule has 1 aliphatic carbocycles. The van der Waals surface area contributed by atoms with E-state index in [1.165, 1.54) is 0 Å². The number of fused-ring (bicyclic) bond motifs is 3. The quantitative estimate of drug-likeness (QED) is 0.523. The molecule has 1 aromatic heterocycles. The molecule has 1 atom stereocenters. The Balaban J connectivity index is 1.92. The van der Waals surface area contributed by atoms with Gasteiger partial charge in [0.2, 0.25) is 0 Å². The van der Waals surface area contributed by atoms with Crippen LogP contribution in [0.25, 0.3) is 21.8 Å². The number of anilines is 1. The molecular weight excluding hydrogens is 294 g/mol. The van der Waals surface area contributed by atoms with Gasteiger partial charge < -0.3 is 10.3 Å². The molecule has 0 amide bonds. The van der Waals surface area contributed by atoms with E-state index >= 15 is 0 Å². The number of nitrogens with zero attached hydrogens (tertiary/aromatic N) is 1. The molecule has 4 rings (SSSR count). The van der Waals surface area contributed by atoms with E-state index in [9.17, 15) is 0 Å². The molecule has 2 N–H and O–H groups in total. The number of H-pyrrole nitrogens is 1. The lowest BCUT2D eigenvalue weighted by Crippen LogP contribution is -2.29. The van der Waals surface area contributed by atoms with Gasteiger partial charge in [0.1, 0.15) is 10.8 Å². The average Bonchev–Trinajstić information content (AvgIpc) is 2.90. The minimum atomic E-state index is -0.594. The fourth-order valence-electron chi connectivity index (χ4n) is 2.96. The zero-order valence-corrected chi connectivity index (χ0v) is 13.0. The number of benzene rings is 2. The highest BCUT2D eigenvalue weighted by Crippen LogP contribution is 2.35. The number of rotatable bonds is 2. The predicted molar refractivity (Wildman–Crippen MR) is 93.4 cm³/mol. The molecule has 0 saturated heterocycles. The van der Waals surface area contributed by atoms with E-state index in [1.54, 1.807) is 0 Å². The van der Waals surface area contributed by atoms with Gasteiger partial charge >= 0.3 is 0 Å². The van der Waals surface area contributed by atoms with Crippen molar-refractivity contribution >= 4 is 39.1 Å². The van der Waals surface area contributed by atoms with Crippen molar-refractivity contribution < 1.29 is 0 Å². The Bertz CT molecular complexity index is 923. The third kappa shape index (κ3) is 2.18. The molecule has 1 aliphatic rings. The fourth-order valence-corrected chi connectivity index (χ4v) is 3.22. The van der Waals surface area contributed by atoms with E-state index < -0.39 is 5.00 Å². The van der Waals surface area contributed by atoms with Gasteiger partial charge in [0.15, 0.2) is 0 Å². The van der Waals surface area contributed by atoms with Crippen LogP contribution in [0.1, 0.15) is 12.2 Å². The second kappa shape index (κ2) is 4.89. The van der Waals surface area contributed by atoms with E-state index in [0.29, 0.717) is 0 Å². The molecule has 0 aliphatic heterocycles. The fraction of sp³-hybridized carbons (Fsp3) is 0.167. The number of aromatic nitrogens is 2. The summed E-state index contributed by atoms with van der Waals surface area (Å²) in [7, 11) is 0. The Hall–Kier alpha value is -2.26. The summed E-state index contributed by atoms with van der Waals surface area (Å²) >= 11 is 6.68. The van der Waals surface area contributed by atoms with Crippen molar-refractivity contribution in [1.29, 1.82) is 0 Å². The molecule has 110 valence electrons. The highest BCUT2D eigenvalue weighted by Gasteiger charge is 2.25. The first-order chi connectivity index (χ1) is 10.6. The molecule has 2 aromatic carbocycles. The first-order valence-corrected chi connectivity index (χ1v) is 7.72. The van der Waals surface area contributed by atoms with Crippen LogP contribution >= 0.6 is 11.6 Å². The summed E-state index contributed by atoms with van der Waals surface area (Å²) in [6.45, 7) is 1.97. The van der Waals surface area contributed by atoms with Crippen LogP contribution in [0.3, 0.4) is 0 Å². The number of hydrogen-bond acceptors (Lipinski definition) is 2. The largest absolute Gasteiger partial charge is 0.362 e. The van der Waals surface area contributed by atoms with Crippen molar-refractivity contribution in [2.75, 3.05) is 5.32 Å². The maximum atomic E-state index is 6.68. The molecular formula is C18H16ClN3. The molecule has 1 heterocycles. The summed E-state index contributed by atoms with van der Waals surface area (Å²) in [4.78, 5) is 7.40. The SMILES string of the molecule is Cc1nc2c([nH]1)c(NC1(Cl)C=CC=CC1)cc1ccccc12. The monoisotopic (exact) mass is 309 g/mol. The molecule has 0 bridgehead atoms. The van der Waals surface area contributed by atoms with Gasteiger partial charge in [-0.3, -0.25) is 0 Å². The molecule has 0 saturated carbocycles. The van der Waals surface area contributed by atoms with Crippen LogP contribution in [-0.4, -0.2) is 15.0 Å². The van der Waals surface area contributed by atoms with Gasteiger partial charge in [-0.05, 0) is 24.5 Å². The number of alkyl halides is 1. The second-order valence-electron chi connectivity index (χ2n) is 5.67. The predicted octanol–water partition coefficient (Wildman–Crippen LogP) is 4.89. The third-order valence-electron chi connectivity index (χ3n) is 3.97. The van der Waals surface area contributed by atoms with E-state index in [4.69, 9.17) is 11.6 Å². The number of nitrogens with one attached hydrogen (secondary N) is 2. The molecule has 0 radical (unpaired) electrons. The van der Waals surface area contributed by atoms with Crippen molar-refractivity contribution in [1.82, 2.24) is 9.97 Å². The molecule has 1 unspecified atom stereocenters. The van der Waals surface area contributed by atoms with Crippen molar-refractivity contribution in [3.05, 3.63) is 60.5 Å². The van der Waals surface area contributed by atoms with Gasteiger partial charge in [-0.25, -0.2) is 4.98 Å². The van der Waals surface area contributed by atoms with Gasteiger partial charge in [0.25, 0.3) is 0 Å². The maximum absolute atomic E-state index is 6.68. The first-order valence-electron chi connectivity index (χ1n) is 7.34. The van der Waals surface area contributed by atoms with Gasteiger partial charge in [-0.15, -0.1) is 0 Å². The van der Waals surface area contributed by atoms with Crippen LogP contribution in [0.2, 0.25) is 0 Å². The third-order valence-corrected chi connectivity index (χ3v) is 4.35. The maximum Gasteiger partial charge on any atom is 0.135 e. The van der Waals surface area contributed by atoms with Crippen LogP contribution in [0.5, 0.6) is 0 Å². The highest BCUT2D eigenvalue weighted by atomic mass is 35.5. The Kier molecular flexibility index (Phi) is 2.98. The number of halogens is 1. The summed E-state index contributed by atoms with van der Waals surface area (Å²) < 4.78 is 0. The number of aromatic amines is 1. The summed E-state index contributed by atoms with van der Waals surface area (Å²) in [5, 5.41) is 5.76. The smallest absolute Gasteiger partial charge is 0.135 e. The molecule has 0 fully saturated rings. The Labute approximate surface area is 133 Å². The lowest BCUT2D eigenvalue weighted by atomic mass is 10.0. The van der Waals surface area contributed by atoms with Crippen LogP contribution < -0.4 is 5.32 Å². The van der Waals surface area contributed by atoms with Gasteiger partial charge in [0, 0.05) is 11.8 Å². The Morgan fingerprint density at radius 2 is 2.14 bits per heavy atom.